The lowest BCUT2D eigenvalue weighted by Crippen LogP contribution is -2.34. The number of aryl methyl sites for hydroxylation is 1. The van der Waals surface area contributed by atoms with Crippen molar-refractivity contribution in [3.8, 4) is 0 Å². The third-order valence-corrected chi connectivity index (χ3v) is 5.12. The van der Waals surface area contributed by atoms with E-state index in [1.807, 2.05) is 0 Å². The van der Waals surface area contributed by atoms with Crippen molar-refractivity contribution in [2.75, 3.05) is 5.32 Å². The molecule has 0 spiro atoms. The molecular formula is C22H19ClF4NO3-. The Morgan fingerprint density at radius 2 is 1.77 bits per heavy atom. The third kappa shape index (κ3) is 6.55. The number of amides is 1. The molecule has 31 heavy (non-hydrogen) atoms. The van der Waals surface area contributed by atoms with Crippen molar-refractivity contribution in [1.82, 2.24) is 0 Å². The normalized spacial score (nSPS) is 13.4. The minimum absolute atomic E-state index is 0.0385. The van der Waals surface area contributed by atoms with Crippen LogP contribution < -0.4 is 10.4 Å². The maximum absolute atomic E-state index is 13.5. The van der Waals surface area contributed by atoms with Crippen LogP contribution >= 0.6 is 11.6 Å². The van der Waals surface area contributed by atoms with E-state index in [0.717, 1.165) is 6.92 Å². The average Bonchev–Trinajstić information content (AvgIpc) is 2.68. The van der Waals surface area contributed by atoms with Crippen LogP contribution in [0.2, 0.25) is 5.02 Å². The molecule has 2 rings (SSSR count). The number of benzene rings is 2. The fourth-order valence-corrected chi connectivity index (χ4v) is 3.17. The van der Waals surface area contributed by atoms with E-state index in [1.165, 1.54) is 36.4 Å². The molecule has 0 radical (unpaired) electrons. The zero-order valence-corrected chi connectivity index (χ0v) is 17.2. The van der Waals surface area contributed by atoms with Gasteiger partial charge in [-0.2, -0.15) is 13.2 Å². The fraction of sp³-hybridized carbons (Fsp3) is 0.273. The number of carbonyl (C=O) groups is 2. The van der Waals surface area contributed by atoms with Crippen molar-refractivity contribution in [3.05, 3.63) is 70.8 Å². The lowest BCUT2D eigenvalue weighted by atomic mass is 9.85. The molecule has 4 nitrogen and oxygen atoms in total. The number of nitrogens with one attached hydrogen (secondary N) is 1. The Bertz CT molecular complexity index is 974. The zero-order valence-electron chi connectivity index (χ0n) is 16.4. The van der Waals surface area contributed by atoms with Gasteiger partial charge < -0.3 is 15.2 Å². The lowest BCUT2D eigenvalue weighted by Gasteiger charge is -2.26. The lowest BCUT2D eigenvalue weighted by molar-refractivity contribution is -0.305. The highest BCUT2D eigenvalue weighted by atomic mass is 35.5. The van der Waals surface area contributed by atoms with E-state index in [1.54, 1.807) is 6.07 Å². The van der Waals surface area contributed by atoms with Crippen LogP contribution in [0.1, 0.15) is 36.0 Å². The first-order chi connectivity index (χ1) is 14.4. The topological polar surface area (TPSA) is 69.2 Å². The van der Waals surface area contributed by atoms with E-state index in [9.17, 15) is 32.3 Å². The summed E-state index contributed by atoms with van der Waals surface area (Å²) in [6.07, 6.45) is -4.85. The van der Waals surface area contributed by atoms with Crippen LogP contribution in [0.25, 0.3) is 5.83 Å². The van der Waals surface area contributed by atoms with E-state index in [2.05, 4.69) is 11.9 Å². The molecule has 0 aliphatic carbocycles. The van der Waals surface area contributed by atoms with Gasteiger partial charge in [0.05, 0.1) is 22.5 Å². The monoisotopic (exact) mass is 456 g/mol. The van der Waals surface area contributed by atoms with Gasteiger partial charge in [-0.15, -0.1) is 0 Å². The molecule has 2 atom stereocenters. The second-order valence-electron chi connectivity index (χ2n) is 7.01. The number of carbonyl (C=O) groups excluding carboxylic acids is 2. The summed E-state index contributed by atoms with van der Waals surface area (Å²) in [5.41, 5.74) is 0.688. The van der Waals surface area contributed by atoms with Gasteiger partial charge in [0, 0.05) is 11.5 Å². The maximum atomic E-state index is 13.5. The van der Waals surface area contributed by atoms with Gasteiger partial charge in [0.25, 0.3) is 0 Å². The van der Waals surface area contributed by atoms with Crippen molar-refractivity contribution in [2.45, 2.75) is 31.9 Å². The van der Waals surface area contributed by atoms with Gasteiger partial charge in [-0.25, -0.2) is 4.39 Å². The summed E-state index contributed by atoms with van der Waals surface area (Å²) in [7, 11) is 0. The second-order valence-corrected chi connectivity index (χ2v) is 7.42. The molecule has 0 saturated carbocycles. The molecular weight excluding hydrogens is 438 g/mol. The second kappa shape index (κ2) is 9.96. The highest BCUT2D eigenvalue weighted by Gasteiger charge is 2.45. The molecule has 1 N–H and O–H groups in total. The van der Waals surface area contributed by atoms with Crippen LogP contribution in [0.4, 0.5) is 23.2 Å². The van der Waals surface area contributed by atoms with Gasteiger partial charge in [0.1, 0.15) is 5.83 Å². The Kier molecular flexibility index (Phi) is 7.84. The summed E-state index contributed by atoms with van der Waals surface area (Å²) >= 11 is 6.06. The number of hydrogen-bond acceptors (Lipinski definition) is 3. The molecule has 0 aliphatic heterocycles. The minimum atomic E-state index is -4.68. The van der Waals surface area contributed by atoms with Gasteiger partial charge in [-0.1, -0.05) is 55.4 Å². The van der Waals surface area contributed by atoms with Crippen LogP contribution in [-0.4, -0.2) is 18.1 Å². The van der Waals surface area contributed by atoms with Crippen LogP contribution in [0, 0.1) is 5.92 Å². The number of halogens is 5. The number of carboxylic acid groups (broad SMARTS) is 1. The van der Waals surface area contributed by atoms with Crippen LogP contribution in [0.5, 0.6) is 0 Å². The Morgan fingerprint density at radius 1 is 1.16 bits per heavy atom. The molecule has 2 aromatic rings. The molecule has 0 aliphatic rings. The molecule has 9 heteroatoms. The predicted molar refractivity (Wildman–Crippen MR) is 108 cm³/mol. The summed E-state index contributed by atoms with van der Waals surface area (Å²) in [4.78, 5) is 23.5. The molecule has 0 aromatic heterocycles. The third-order valence-electron chi connectivity index (χ3n) is 4.79. The first-order valence-corrected chi connectivity index (χ1v) is 9.58. The van der Waals surface area contributed by atoms with E-state index in [0.29, 0.717) is 5.56 Å². The largest absolute Gasteiger partial charge is 0.550 e. The van der Waals surface area contributed by atoms with E-state index >= 15 is 0 Å². The molecule has 1 amide bonds. The van der Waals surface area contributed by atoms with Crippen molar-refractivity contribution in [1.29, 1.82) is 0 Å². The molecule has 0 fully saturated rings. The van der Waals surface area contributed by atoms with Gasteiger partial charge in [0.2, 0.25) is 5.91 Å². The number of aliphatic carboxylic acids is 1. The highest BCUT2D eigenvalue weighted by Crippen LogP contribution is 2.39. The van der Waals surface area contributed by atoms with Gasteiger partial charge in [0.15, 0.2) is 0 Å². The first kappa shape index (κ1) is 24.4. The van der Waals surface area contributed by atoms with Crippen LogP contribution in [0.3, 0.4) is 0 Å². The Labute approximate surface area is 181 Å². The smallest absolute Gasteiger partial charge is 0.392 e. The number of anilines is 1. The zero-order chi connectivity index (χ0) is 23.3. The van der Waals surface area contributed by atoms with Crippen LogP contribution in [0.15, 0.2) is 49.0 Å². The Morgan fingerprint density at radius 3 is 2.29 bits per heavy atom. The van der Waals surface area contributed by atoms with Gasteiger partial charge >= 0.3 is 6.18 Å². The summed E-state index contributed by atoms with van der Waals surface area (Å²) in [5, 5.41) is 13.1. The SMILES string of the molecule is C=C(F)c1ccc([C@@H](C(=O)Nc2cc(CCC(=O)[O-])ccc2Cl)[C@@H](C)C(F)(F)F)cc1. The predicted octanol–water partition coefficient (Wildman–Crippen LogP) is 4.88. The van der Waals surface area contributed by atoms with Crippen molar-refractivity contribution < 1.29 is 32.3 Å². The number of carboxylic acids is 1. The molecule has 0 unspecified atom stereocenters. The summed E-state index contributed by atoms with van der Waals surface area (Å²) < 4.78 is 53.7. The van der Waals surface area contributed by atoms with Gasteiger partial charge in [-0.3, -0.25) is 4.79 Å². The average molecular weight is 457 g/mol. The fourth-order valence-electron chi connectivity index (χ4n) is 3.01. The number of hydrogen-bond donors (Lipinski definition) is 1. The summed E-state index contributed by atoms with van der Waals surface area (Å²) in [5.74, 6) is -6.66. The van der Waals surface area contributed by atoms with E-state index < -0.39 is 35.7 Å². The van der Waals surface area contributed by atoms with E-state index in [-0.39, 0.29) is 34.7 Å². The molecule has 0 saturated heterocycles. The molecule has 0 bridgehead atoms. The maximum Gasteiger partial charge on any atom is 0.392 e. The minimum Gasteiger partial charge on any atom is -0.550 e. The summed E-state index contributed by atoms with van der Waals surface area (Å²) in [6.45, 7) is 4.01. The molecule has 166 valence electrons. The number of alkyl halides is 3. The number of rotatable bonds is 8. The van der Waals surface area contributed by atoms with Crippen LogP contribution in [-0.2, 0) is 16.0 Å². The Balaban J connectivity index is 2.36. The highest BCUT2D eigenvalue weighted by molar-refractivity contribution is 6.33. The Hall–Kier alpha value is -2.87. The molecule has 0 heterocycles. The quantitative estimate of drug-likeness (QED) is 0.575. The van der Waals surface area contributed by atoms with Gasteiger partial charge in [-0.05, 0) is 36.1 Å². The van der Waals surface area contributed by atoms with Crippen molar-refractivity contribution in [3.63, 3.8) is 0 Å². The summed E-state index contributed by atoms with van der Waals surface area (Å²) in [6, 6.07) is 9.32. The first-order valence-electron chi connectivity index (χ1n) is 9.20. The van der Waals surface area contributed by atoms with Crippen molar-refractivity contribution >= 4 is 35.0 Å². The molecule has 2 aromatic carbocycles. The van der Waals surface area contributed by atoms with E-state index in [4.69, 9.17) is 11.6 Å². The van der Waals surface area contributed by atoms with Crippen molar-refractivity contribution in [2.24, 2.45) is 5.92 Å². The standard InChI is InChI=1S/C22H20ClF4NO3/c1-12(22(25,26)27)20(16-7-5-15(6-8-16)13(2)24)21(31)28-18-11-14(3-9-17(18)23)4-10-19(29)30/h3,5-9,11-12,20H,2,4,10H2,1H3,(H,28,31)(H,29,30)/p-1/t12-,20+/m1/s1.